The Morgan fingerprint density at radius 1 is 1.33 bits per heavy atom. The lowest BCUT2D eigenvalue weighted by molar-refractivity contribution is 0.470. The number of nitrogen functional groups attached to an aromatic ring is 1. The van der Waals surface area contributed by atoms with Crippen molar-refractivity contribution in [3.63, 3.8) is 0 Å². The molecule has 2 nitrogen and oxygen atoms in total. The highest BCUT2D eigenvalue weighted by Gasteiger charge is 2.22. The van der Waals surface area contributed by atoms with Crippen molar-refractivity contribution >= 4 is 11.4 Å². The molecule has 0 saturated heterocycles. The normalized spacial score (nSPS) is 11.5. The maximum absolute atomic E-state index is 5.92. The molecular formula is C13H22N2. The zero-order valence-corrected chi connectivity index (χ0v) is 10.5. The van der Waals surface area contributed by atoms with Crippen molar-refractivity contribution in [1.29, 1.82) is 0 Å². The van der Waals surface area contributed by atoms with E-state index in [0.29, 0.717) is 0 Å². The van der Waals surface area contributed by atoms with E-state index in [2.05, 4.69) is 45.7 Å². The zero-order chi connectivity index (χ0) is 11.6. The van der Waals surface area contributed by atoms with E-state index in [1.165, 1.54) is 11.3 Å². The maximum Gasteiger partial charge on any atom is 0.0418 e. The van der Waals surface area contributed by atoms with E-state index < -0.39 is 0 Å². The van der Waals surface area contributed by atoms with Gasteiger partial charge in [0.25, 0.3) is 0 Å². The highest BCUT2D eigenvalue weighted by atomic mass is 15.2. The molecule has 0 aliphatic carbocycles. The van der Waals surface area contributed by atoms with E-state index >= 15 is 0 Å². The van der Waals surface area contributed by atoms with Crippen molar-refractivity contribution in [2.45, 2.75) is 39.7 Å². The molecule has 1 rings (SSSR count). The van der Waals surface area contributed by atoms with Crippen molar-refractivity contribution < 1.29 is 0 Å². The first kappa shape index (κ1) is 11.9. The molecule has 2 N–H and O–H groups in total. The summed E-state index contributed by atoms with van der Waals surface area (Å²) in [5.74, 6) is 0. The Morgan fingerprint density at radius 3 is 2.47 bits per heavy atom. The number of nitrogens with two attached hydrogens (primary N) is 1. The van der Waals surface area contributed by atoms with E-state index in [1.54, 1.807) is 0 Å². The first-order chi connectivity index (χ1) is 6.90. The van der Waals surface area contributed by atoms with E-state index in [0.717, 1.165) is 12.1 Å². The van der Waals surface area contributed by atoms with Gasteiger partial charge in [0.05, 0.1) is 0 Å². The van der Waals surface area contributed by atoms with E-state index in [9.17, 15) is 0 Å². The van der Waals surface area contributed by atoms with Gasteiger partial charge in [0.15, 0.2) is 0 Å². The van der Waals surface area contributed by atoms with E-state index in [-0.39, 0.29) is 5.54 Å². The third-order valence-corrected chi connectivity index (χ3v) is 3.48. The third-order valence-electron chi connectivity index (χ3n) is 3.48. The van der Waals surface area contributed by atoms with Crippen LogP contribution in [0.3, 0.4) is 0 Å². The van der Waals surface area contributed by atoms with Gasteiger partial charge < -0.3 is 10.6 Å². The standard InChI is InChI=1S/C13H22N2/c1-6-13(3,4)15(5)12-9-7-8-11(14)10(12)2/h7-9H,6,14H2,1-5H3. The summed E-state index contributed by atoms with van der Waals surface area (Å²) in [6.07, 6.45) is 1.11. The van der Waals surface area contributed by atoms with Gasteiger partial charge in [-0.05, 0) is 44.9 Å². The fourth-order valence-electron chi connectivity index (χ4n) is 1.57. The molecule has 0 saturated carbocycles. The van der Waals surface area contributed by atoms with Gasteiger partial charge in [-0.1, -0.05) is 13.0 Å². The van der Waals surface area contributed by atoms with Crippen molar-refractivity contribution in [2.75, 3.05) is 17.7 Å². The molecule has 0 amide bonds. The van der Waals surface area contributed by atoms with Crippen LogP contribution in [0.1, 0.15) is 32.8 Å². The molecule has 1 aromatic rings. The first-order valence-corrected chi connectivity index (χ1v) is 5.49. The van der Waals surface area contributed by atoms with Crippen LogP contribution in [0.15, 0.2) is 18.2 Å². The van der Waals surface area contributed by atoms with Gasteiger partial charge in [-0.15, -0.1) is 0 Å². The highest BCUT2D eigenvalue weighted by Crippen LogP contribution is 2.30. The smallest absolute Gasteiger partial charge is 0.0418 e. The number of hydrogen-bond donors (Lipinski definition) is 1. The summed E-state index contributed by atoms with van der Waals surface area (Å²) in [4.78, 5) is 2.30. The Balaban J connectivity index is 3.12. The summed E-state index contributed by atoms with van der Waals surface area (Å²) in [5.41, 5.74) is 9.34. The molecule has 0 radical (unpaired) electrons. The molecule has 0 unspecified atom stereocenters. The molecule has 0 spiro atoms. The second kappa shape index (κ2) is 4.13. The number of nitrogens with zero attached hydrogens (tertiary/aromatic N) is 1. The number of benzene rings is 1. The minimum Gasteiger partial charge on any atom is -0.398 e. The summed E-state index contributed by atoms with van der Waals surface area (Å²) >= 11 is 0. The molecule has 15 heavy (non-hydrogen) atoms. The largest absolute Gasteiger partial charge is 0.398 e. The Morgan fingerprint density at radius 2 is 1.93 bits per heavy atom. The first-order valence-electron chi connectivity index (χ1n) is 5.49. The fraction of sp³-hybridized carbons (Fsp3) is 0.538. The van der Waals surface area contributed by atoms with Gasteiger partial charge in [0, 0.05) is 24.0 Å². The maximum atomic E-state index is 5.92. The zero-order valence-electron chi connectivity index (χ0n) is 10.5. The van der Waals surface area contributed by atoms with Gasteiger partial charge in [-0.2, -0.15) is 0 Å². The number of hydrogen-bond acceptors (Lipinski definition) is 2. The molecule has 0 fully saturated rings. The predicted octanol–water partition coefficient (Wildman–Crippen LogP) is 3.20. The summed E-state index contributed by atoms with van der Waals surface area (Å²) in [6, 6.07) is 6.09. The number of rotatable bonds is 3. The molecule has 84 valence electrons. The molecule has 0 atom stereocenters. The van der Waals surface area contributed by atoms with Gasteiger partial charge in [0.1, 0.15) is 0 Å². The second-order valence-corrected chi connectivity index (χ2v) is 4.72. The summed E-state index contributed by atoms with van der Waals surface area (Å²) in [7, 11) is 2.13. The lowest BCUT2D eigenvalue weighted by Gasteiger charge is -2.38. The summed E-state index contributed by atoms with van der Waals surface area (Å²) in [5, 5.41) is 0. The summed E-state index contributed by atoms with van der Waals surface area (Å²) in [6.45, 7) is 8.77. The molecule has 0 aliphatic heterocycles. The molecular weight excluding hydrogens is 184 g/mol. The third kappa shape index (κ3) is 2.25. The van der Waals surface area contributed by atoms with Crippen LogP contribution in [-0.2, 0) is 0 Å². The van der Waals surface area contributed by atoms with Crippen LogP contribution in [0, 0.1) is 6.92 Å². The van der Waals surface area contributed by atoms with Gasteiger partial charge in [0.2, 0.25) is 0 Å². The number of anilines is 2. The monoisotopic (exact) mass is 206 g/mol. The van der Waals surface area contributed by atoms with Crippen LogP contribution in [0.5, 0.6) is 0 Å². The van der Waals surface area contributed by atoms with E-state index in [1.807, 2.05) is 12.1 Å². The Kier molecular flexibility index (Phi) is 3.28. The molecule has 0 aromatic heterocycles. The Labute approximate surface area is 93.1 Å². The fourth-order valence-corrected chi connectivity index (χ4v) is 1.57. The van der Waals surface area contributed by atoms with Crippen LogP contribution in [0.4, 0.5) is 11.4 Å². The molecule has 0 aliphatic rings. The Hall–Kier alpha value is -1.18. The van der Waals surface area contributed by atoms with Crippen molar-refractivity contribution in [2.24, 2.45) is 0 Å². The molecule has 2 heteroatoms. The second-order valence-electron chi connectivity index (χ2n) is 4.72. The van der Waals surface area contributed by atoms with Crippen LogP contribution in [0.2, 0.25) is 0 Å². The van der Waals surface area contributed by atoms with Gasteiger partial charge in [-0.25, -0.2) is 0 Å². The highest BCUT2D eigenvalue weighted by molar-refractivity contribution is 5.64. The minimum absolute atomic E-state index is 0.165. The van der Waals surface area contributed by atoms with Crippen LogP contribution >= 0.6 is 0 Å². The molecule has 0 bridgehead atoms. The average molecular weight is 206 g/mol. The van der Waals surface area contributed by atoms with Crippen LogP contribution in [-0.4, -0.2) is 12.6 Å². The van der Waals surface area contributed by atoms with Crippen molar-refractivity contribution in [3.05, 3.63) is 23.8 Å². The summed E-state index contributed by atoms with van der Waals surface area (Å²) < 4.78 is 0. The van der Waals surface area contributed by atoms with Crippen molar-refractivity contribution in [3.8, 4) is 0 Å². The van der Waals surface area contributed by atoms with Crippen LogP contribution < -0.4 is 10.6 Å². The lowest BCUT2D eigenvalue weighted by Crippen LogP contribution is -2.40. The SMILES string of the molecule is CCC(C)(C)N(C)c1cccc(N)c1C. The van der Waals surface area contributed by atoms with E-state index in [4.69, 9.17) is 5.73 Å². The average Bonchev–Trinajstić information content (AvgIpc) is 2.21. The minimum atomic E-state index is 0.165. The predicted molar refractivity (Wildman–Crippen MR) is 68.4 cm³/mol. The lowest BCUT2D eigenvalue weighted by atomic mass is 9.98. The van der Waals surface area contributed by atoms with Gasteiger partial charge >= 0.3 is 0 Å². The van der Waals surface area contributed by atoms with Gasteiger partial charge in [-0.3, -0.25) is 0 Å². The van der Waals surface area contributed by atoms with Crippen LogP contribution in [0.25, 0.3) is 0 Å². The topological polar surface area (TPSA) is 29.3 Å². The Bertz CT molecular complexity index is 342. The van der Waals surface area contributed by atoms with Crippen molar-refractivity contribution in [1.82, 2.24) is 0 Å². The molecule has 0 heterocycles. The quantitative estimate of drug-likeness (QED) is 0.769. The molecule has 1 aromatic carbocycles.